The minimum atomic E-state index is -2.80. The number of hydrogen-bond acceptors (Lipinski definition) is 5. The number of aryl methyl sites for hydroxylation is 1. The highest BCUT2D eigenvalue weighted by atomic mass is 35.5. The van der Waals surface area contributed by atoms with E-state index in [1.807, 2.05) is 19.9 Å². The SMILES string of the molecule is COc1ccc(/C=N\n2c(C(F)F)n[nH]c2=S)cc1Cn1nc(C)c(Cl)c1C. The lowest BCUT2D eigenvalue weighted by molar-refractivity contribution is 0.136. The van der Waals surface area contributed by atoms with Crippen LogP contribution < -0.4 is 4.74 Å². The Hall–Kier alpha value is -2.59. The molecule has 0 spiro atoms. The van der Waals surface area contributed by atoms with Crippen molar-refractivity contribution < 1.29 is 13.5 Å². The highest BCUT2D eigenvalue weighted by Gasteiger charge is 2.16. The molecular formula is C17H17ClF2N6OS. The third-order valence-electron chi connectivity index (χ3n) is 4.11. The maximum atomic E-state index is 13.0. The number of methoxy groups -OCH3 is 1. The van der Waals surface area contributed by atoms with Crippen molar-refractivity contribution in [3.63, 3.8) is 0 Å². The van der Waals surface area contributed by atoms with Crippen LogP contribution in [0.2, 0.25) is 5.02 Å². The molecule has 2 aromatic heterocycles. The standard InChI is InChI=1S/C17H17ClF2N6OS/c1-9-14(18)10(2)25(24-9)8-12-6-11(4-5-13(12)27-3)7-21-26-16(15(19)20)22-23-17(26)28/h4-7,15H,8H2,1-3H3,(H,23,28)/b21-7-. The smallest absolute Gasteiger partial charge is 0.299 e. The summed E-state index contributed by atoms with van der Waals surface area (Å²) in [6.07, 6.45) is -1.37. The van der Waals surface area contributed by atoms with E-state index in [0.717, 1.165) is 21.6 Å². The van der Waals surface area contributed by atoms with E-state index >= 15 is 0 Å². The summed E-state index contributed by atoms with van der Waals surface area (Å²) in [6.45, 7) is 4.14. The van der Waals surface area contributed by atoms with Crippen LogP contribution in [0.15, 0.2) is 23.3 Å². The second kappa shape index (κ2) is 8.19. The van der Waals surface area contributed by atoms with E-state index in [-0.39, 0.29) is 4.77 Å². The quantitative estimate of drug-likeness (QED) is 0.471. The number of ether oxygens (including phenoxy) is 1. The van der Waals surface area contributed by atoms with Crippen LogP contribution in [0, 0.1) is 18.6 Å². The van der Waals surface area contributed by atoms with Gasteiger partial charge in [0, 0.05) is 5.56 Å². The molecule has 1 N–H and O–H groups in total. The lowest BCUT2D eigenvalue weighted by Crippen LogP contribution is -2.06. The maximum Gasteiger partial charge on any atom is 0.299 e. The number of nitrogens with one attached hydrogen (secondary N) is 1. The second-order valence-corrected chi connectivity index (χ2v) is 6.72. The van der Waals surface area contributed by atoms with Gasteiger partial charge in [-0.25, -0.2) is 13.9 Å². The Morgan fingerprint density at radius 2 is 2.14 bits per heavy atom. The summed E-state index contributed by atoms with van der Waals surface area (Å²) in [5.41, 5.74) is 3.08. The average molecular weight is 427 g/mol. The van der Waals surface area contributed by atoms with E-state index < -0.39 is 12.2 Å². The van der Waals surface area contributed by atoms with Crippen LogP contribution in [-0.2, 0) is 6.54 Å². The summed E-state index contributed by atoms with van der Waals surface area (Å²) in [5.74, 6) is 0.112. The molecule has 148 valence electrons. The minimum Gasteiger partial charge on any atom is -0.496 e. The first kappa shape index (κ1) is 20.2. The Balaban J connectivity index is 1.94. The normalized spacial score (nSPS) is 11.7. The van der Waals surface area contributed by atoms with E-state index in [2.05, 4.69) is 20.4 Å². The summed E-state index contributed by atoms with van der Waals surface area (Å²) in [5, 5.41) is 14.9. The molecule has 1 aromatic carbocycles. The summed E-state index contributed by atoms with van der Waals surface area (Å²) in [4.78, 5) is 0. The Labute approximate surface area is 169 Å². The molecule has 0 saturated carbocycles. The van der Waals surface area contributed by atoms with Gasteiger partial charge in [0.15, 0.2) is 0 Å². The van der Waals surface area contributed by atoms with E-state index in [1.54, 1.807) is 23.9 Å². The topological polar surface area (TPSA) is 73.0 Å². The van der Waals surface area contributed by atoms with Crippen molar-refractivity contribution >= 4 is 30.0 Å². The predicted octanol–water partition coefficient (Wildman–Crippen LogP) is 4.28. The van der Waals surface area contributed by atoms with Crippen LogP contribution in [0.5, 0.6) is 5.75 Å². The zero-order valence-corrected chi connectivity index (χ0v) is 16.9. The van der Waals surface area contributed by atoms with Gasteiger partial charge >= 0.3 is 0 Å². The fourth-order valence-corrected chi connectivity index (χ4v) is 3.00. The molecule has 0 radical (unpaired) electrons. The Morgan fingerprint density at radius 1 is 1.39 bits per heavy atom. The molecule has 0 atom stereocenters. The first-order chi connectivity index (χ1) is 13.3. The second-order valence-electron chi connectivity index (χ2n) is 5.96. The number of aromatic nitrogens is 5. The zero-order valence-electron chi connectivity index (χ0n) is 15.3. The third kappa shape index (κ3) is 3.97. The van der Waals surface area contributed by atoms with Crippen LogP contribution in [0.3, 0.4) is 0 Å². The number of benzene rings is 1. The van der Waals surface area contributed by atoms with Gasteiger partial charge in [-0.2, -0.15) is 20.0 Å². The summed E-state index contributed by atoms with van der Waals surface area (Å²) < 4.78 is 34.0. The molecule has 28 heavy (non-hydrogen) atoms. The first-order valence-corrected chi connectivity index (χ1v) is 8.96. The molecule has 0 unspecified atom stereocenters. The molecule has 0 aliphatic heterocycles. The fraction of sp³-hybridized carbons (Fsp3) is 0.294. The summed E-state index contributed by atoms with van der Waals surface area (Å²) in [6, 6.07) is 5.36. The van der Waals surface area contributed by atoms with E-state index in [9.17, 15) is 8.78 Å². The van der Waals surface area contributed by atoms with Crippen LogP contribution in [0.25, 0.3) is 0 Å². The number of rotatable bonds is 6. The van der Waals surface area contributed by atoms with Gasteiger partial charge in [0.25, 0.3) is 6.43 Å². The van der Waals surface area contributed by atoms with E-state index in [0.29, 0.717) is 22.9 Å². The van der Waals surface area contributed by atoms with E-state index in [1.165, 1.54) is 6.21 Å². The first-order valence-electron chi connectivity index (χ1n) is 8.18. The van der Waals surface area contributed by atoms with Crippen molar-refractivity contribution in [3.05, 3.63) is 56.3 Å². The van der Waals surface area contributed by atoms with Crippen LogP contribution >= 0.6 is 23.8 Å². The maximum absolute atomic E-state index is 13.0. The monoisotopic (exact) mass is 426 g/mol. The number of hydrogen-bond donors (Lipinski definition) is 1. The average Bonchev–Trinajstić information content (AvgIpc) is 3.15. The molecule has 0 fully saturated rings. The van der Waals surface area contributed by atoms with Gasteiger partial charge in [0.05, 0.1) is 36.3 Å². The molecule has 0 saturated heterocycles. The Bertz CT molecular complexity index is 1090. The highest BCUT2D eigenvalue weighted by Crippen LogP contribution is 2.24. The van der Waals surface area contributed by atoms with Gasteiger partial charge in [0.2, 0.25) is 10.6 Å². The third-order valence-corrected chi connectivity index (χ3v) is 4.92. The highest BCUT2D eigenvalue weighted by molar-refractivity contribution is 7.71. The Kier molecular flexibility index (Phi) is 5.90. The molecular weight excluding hydrogens is 410 g/mol. The predicted molar refractivity (Wildman–Crippen MR) is 104 cm³/mol. The largest absolute Gasteiger partial charge is 0.496 e. The number of nitrogens with zero attached hydrogens (tertiary/aromatic N) is 5. The molecule has 3 rings (SSSR count). The van der Waals surface area contributed by atoms with E-state index in [4.69, 9.17) is 28.6 Å². The Morgan fingerprint density at radius 3 is 2.75 bits per heavy atom. The molecule has 11 heteroatoms. The van der Waals surface area contributed by atoms with Gasteiger partial charge in [-0.15, -0.1) is 0 Å². The molecule has 2 heterocycles. The van der Waals surface area contributed by atoms with Crippen LogP contribution in [0.1, 0.15) is 34.8 Å². The number of alkyl halides is 2. The number of aromatic amines is 1. The van der Waals surface area contributed by atoms with Gasteiger partial charge in [0.1, 0.15) is 5.75 Å². The van der Waals surface area contributed by atoms with Gasteiger partial charge in [-0.05, 0) is 49.8 Å². The zero-order chi connectivity index (χ0) is 20.4. The van der Waals surface area contributed by atoms with Crippen molar-refractivity contribution in [2.45, 2.75) is 26.8 Å². The summed E-state index contributed by atoms with van der Waals surface area (Å²) in [7, 11) is 1.57. The molecule has 0 amide bonds. The lowest BCUT2D eigenvalue weighted by Gasteiger charge is -2.11. The number of halogens is 3. The fourth-order valence-electron chi connectivity index (χ4n) is 2.67. The molecule has 0 aliphatic carbocycles. The van der Waals surface area contributed by atoms with Crippen molar-refractivity contribution in [1.82, 2.24) is 24.7 Å². The van der Waals surface area contributed by atoms with Crippen molar-refractivity contribution in [2.24, 2.45) is 5.10 Å². The van der Waals surface area contributed by atoms with Crippen molar-refractivity contribution in [1.29, 1.82) is 0 Å². The molecule has 3 aromatic rings. The van der Waals surface area contributed by atoms with Crippen LogP contribution in [0.4, 0.5) is 8.78 Å². The molecule has 0 aliphatic rings. The van der Waals surface area contributed by atoms with Gasteiger partial charge < -0.3 is 4.74 Å². The number of H-pyrrole nitrogens is 1. The van der Waals surface area contributed by atoms with Crippen molar-refractivity contribution in [2.75, 3.05) is 7.11 Å². The molecule has 7 nitrogen and oxygen atoms in total. The van der Waals surface area contributed by atoms with Crippen molar-refractivity contribution in [3.8, 4) is 5.75 Å². The summed E-state index contributed by atoms with van der Waals surface area (Å²) >= 11 is 11.2. The van der Waals surface area contributed by atoms with Gasteiger partial charge in [-0.1, -0.05) is 11.6 Å². The lowest BCUT2D eigenvalue weighted by atomic mass is 10.1. The minimum absolute atomic E-state index is 0.0161. The van der Waals surface area contributed by atoms with Gasteiger partial charge in [-0.3, -0.25) is 4.68 Å². The van der Waals surface area contributed by atoms with Crippen LogP contribution in [-0.4, -0.2) is 38.0 Å². The molecule has 0 bridgehead atoms.